The molecule has 4 heteroatoms. The molecular weight excluding hydrogens is 288 g/mol. The van der Waals surface area contributed by atoms with Crippen molar-refractivity contribution in [2.75, 3.05) is 6.61 Å². The van der Waals surface area contributed by atoms with Gasteiger partial charge in [-0.3, -0.25) is 0 Å². The van der Waals surface area contributed by atoms with E-state index < -0.39 is 6.10 Å². The van der Waals surface area contributed by atoms with Crippen LogP contribution in [0.25, 0.3) is 11.0 Å². The molecule has 0 bridgehead atoms. The molecule has 3 aromatic rings. The van der Waals surface area contributed by atoms with Gasteiger partial charge in [-0.05, 0) is 61.7 Å². The lowest BCUT2D eigenvalue weighted by atomic mass is 10.1. The van der Waals surface area contributed by atoms with Gasteiger partial charge in [-0.2, -0.15) is 0 Å². The van der Waals surface area contributed by atoms with Gasteiger partial charge in [-0.1, -0.05) is 12.1 Å². The van der Waals surface area contributed by atoms with Crippen LogP contribution in [0.1, 0.15) is 16.7 Å². The Hall–Kier alpha value is -2.33. The highest BCUT2D eigenvalue weighted by Gasteiger charge is 2.10. The first-order valence-corrected chi connectivity index (χ1v) is 7.82. The van der Waals surface area contributed by atoms with Crippen molar-refractivity contribution >= 4 is 11.0 Å². The monoisotopic (exact) mass is 310 g/mol. The number of aliphatic hydroxyl groups is 1. The van der Waals surface area contributed by atoms with Crippen LogP contribution >= 0.6 is 0 Å². The van der Waals surface area contributed by atoms with Gasteiger partial charge in [-0.25, -0.2) is 4.98 Å². The molecule has 1 aromatic heterocycles. The van der Waals surface area contributed by atoms with Crippen LogP contribution in [0.2, 0.25) is 0 Å². The fraction of sp³-hybridized carbons (Fsp3) is 0.316. The topological polar surface area (TPSA) is 47.3 Å². The maximum Gasteiger partial charge on any atom is 0.119 e. The van der Waals surface area contributed by atoms with Crippen molar-refractivity contribution in [3.05, 3.63) is 59.4 Å². The highest BCUT2D eigenvalue weighted by atomic mass is 16.5. The lowest BCUT2D eigenvalue weighted by Crippen LogP contribution is -2.23. The summed E-state index contributed by atoms with van der Waals surface area (Å²) in [4.78, 5) is 4.41. The second-order valence-electron chi connectivity index (χ2n) is 6.10. The molecule has 0 aliphatic carbocycles. The maximum atomic E-state index is 10.3. The summed E-state index contributed by atoms with van der Waals surface area (Å²) in [7, 11) is 0. The van der Waals surface area contributed by atoms with Crippen molar-refractivity contribution in [1.82, 2.24) is 9.55 Å². The van der Waals surface area contributed by atoms with E-state index in [1.54, 1.807) is 6.33 Å². The highest BCUT2D eigenvalue weighted by molar-refractivity contribution is 5.77. The second-order valence-corrected chi connectivity index (χ2v) is 6.10. The van der Waals surface area contributed by atoms with Gasteiger partial charge in [0.2, 0.25) is 0 Å². The molecule has 120 valence electrons. The third-order valence-electron chi connectivity index (χ3n) is 4.08. The van der Waals surface area contributed by atoms with E-state index in [1.807, 2.05) is 35.8 Å². The lowest BCUT2D eigenvalue weighted by Gasteiger charge is -2.14. The molecule has 0 amide bonds. The molecular formula is C19H22N2O2. The van der Waals surface area contributed by atoms with Crippen molar-refractivity contribution in [3.63, 3.8) is 0 Å². The largest absolute Gasteiger partial charge is 0.491 e. The Morgan fingerprint density at radius 2 is 1.91 bits per heavy atom. The molecule has 23 heavy (non-hydrogen) atoms. The van der Waals surface area contributed by atoms with Crippen LogP contribution in [0.15, 0.2) is 42.7 Å². The van der Waals surface area contributed by atoms with Gasteiger partial charge in [0.25, 0.3) is 0 Å². The molecule has 0 spiro atoms. The minimum absolute atomic E-state index is 0.258. The number of aromatic nitrogens is 2. The van der Waals surface area contributed by atoms with E-state index >= 15 is 0 Å². The van der Waals surface area contributed by atoms with Crippen molar-refractivity contribution in [2.24, 2.45) is 0 Å². The van der Waals surface area contributed by atoms with E-state index in [9.17, 15) is 5.11 Å². The van der Waals surface area contributed by atoms with E-state index in [4.69, 9.17) is 4.74 Å². The van der Waals surface area contributed by atoms with Gasteiger partial charge < -0.3 is 14.4 Å². The molecule has 2 aromatic carbocycles. The molecule has 1 N–H and O–H groups in total. The van der Waals surface area contributed by atoms with Crippen LogP contribution < -0.4 is 4.74 Å². The van der Waals surface area contributed by atoms with Crippen LogP contribution in [-0.2, 0) is 6.54 Å². The predicted octanol–water partition coefficient (Wildman–Crippen LogP) is 3.40. The van der Waals surface area contributed by atoms with Crippen molar-refractivity contribution in [1.29, 1.82) is 0 Å². The van der Waals surface area contributed by atoms with Crippen LogP contribution in [0.5, 0.6) is 5.75 Å². The Kier molecular flexibility index (Phi) is 4.35. The number of imidazole rings is 1. The lowest BCUT2D eigenvalue weighted by molar-refractivity contribution is 0.0934. The number of aryl methyl sites for hydroxylation is 3. The summed E-state index contributed by atoms with van der Waals surface area (Å²) in [6, 6.07) is 12.0. The zero-order valence-electron chi connectivity index (χ0n) is 13.8. The maximum absolute atomic E-state index is 10.3. The van der Waals surface area contributed by atoms with Crippen LogP contribution in [0.3, 0.4) is 0 Å². The molecule has 0 aliphatic heterocycles. The summed E-state index contributed by atoms with van der Waals surface area (Å²) in [5.41, 5.74) is 5.60. The van der Waals surface area contributed by atoms with Gasteiger partial charge in [-0.15, -0.1) is 0 Å². The first kappa shape index (κ1) is 15.6. The van der Waals surface area contributed by atoms with Gasteiger partial charge in [0.1, 0.15) is 18.5 Å². The number of fused-ring (bicyclic) bond motifs is 1. The summed E-state index contributed by atoms with van der Waals surface area (Å²) >= 11 is 0. The SMILES string of the molecule is Cc1cccc(OC[C@@H](O)Cn2cnc3cc(C)c(C)cc32)c1. The predicted molar refractivity (Wildman–Crippen MR) is 91.9 cm³/mol. The first-order chi connectivity index (χ1) is 11.0. The van der Waals surface area contributed by atoms with Crippen LogP contribution in [0.4, 0.5) is 0 Å². The molecule has 0 fully saturated rings. The molecule has 3 rings (SSSR count). The number of hydrogen-bond acceptors (Lipinski definition) is 3. The third kappa shape index (κ3) is 3.54. The molecule has 4 nitrogen and oxygen atoms in total. The van der Waals surface area contributed by atoms with Crippen molar-refractivity contribution < 1.29 is 9.84 Å². The van der Waals surface area contributed by atoms with Gasteiger partial charge >= 0.3 is 0 Å². The van der Waals surface area contributed by atoms with Gasteiger partial charge in [0.05, 0.1) is 23.9 Å². The van der Waals surface area contributed by atoms with Crippen LogP contribution in [-0.4, -0.2) is 27.4 Å². The van der Waals surface area contributed by atoms with Crippen molar-refractivity contribution in [2.45, 2.75) is 33.4 Å². The van der Waals surface area contributed by atoms with Crippen molar-refractivity contribution in [3.8, 4) is 5.75 Å². The first-order valence-electron chi connectivity index (χ1n) is 7.82. The summed E-state index contributed by atoms with van der Waals surface area (Å²) in [6.45, 7) is 6.91. The average Bonchev–Trinajstić information content (AvgIpc) is 2.88. The Bertz CT molecular complexity index is 823. The van der Waals surface area contributed by atoms with E-state index in [2.05, 4.69) is 31.0 Å². The number of rotatable bonds is 5. The summed E-state index contributed by atoms with van der Waals surface area (Å²) in [5, 5.41) is 10.3. The smallest absolute Gasteiger partial charge is 0.119 e. The number of hydrogen-bond donors (Lipinski definition) is 1. The third-order valence-corrected chi connectivity index (χ3v) is 4.08. The van der Waals surface area contributed by atoms with E-state index in [-0.39, 0.29) is 6.61 Å². The van der Waals surface area contributed by atoms with Gasteiger partial charge in [0.15, 0.2) is 0 Å². The number of nitrogens with zero attached hydrogens (tertiary/aromatic N) is 2. The number of benzene rings is 2. The molecule has 0 saturated carbocycles. The Labute approximate surface area is 136 Å². The molecule has 1 atom stereocenters. The number of ether oxygens (including phenoxy) is 1. The summed E-state index contributed by atoms with van der Waals surface area (Å²) in [5.74, 6) is 0.783. The zero-order valence-corrected chi connectivity index (χ0v) is 13.8. The second kappa shape index (κ2) is 6.42. The minimum atomic E-state index is -0.588. The van der Waals surface area contributed by atoms with E-state index in [1.165, 1.54) is 11.1 Å². The van der Waals surface area contributed by atoms with E-state index in [0.29, 0.717) is 6.54 Å². The quantitative estimate of drug-likeness (QED) is 0.785. The Morgan fingerprint density at radius 1 is 1.13 bits per heavy atom. The standard InChI is InChI=1S/C19H22N2O2/c1-13-5-4-6-17(7-13)23-11-16(22)10-21-12-20-18-8-14(2)15(3)9-19(18)21/h4-9,12,16,22H,10-11H2,1-3H3/t16-/m0/s1. The fourth-order valence-corrected chi connectivity index (χ4v) is 2.64. The molecule has 0 aliphatic rings. The fourth-order valence-electron chi connectivity index (χ4n) is 2.64. The molecule has 0 radical (unpaired) electrons. The van der Waals surface area contributed by atoms with Crippen LogP contribution in [0, 0.1) is 20.8 Å². The van der Waals surface area contributed by atoms with E-state index in [0.717, 1.165) is 22.3 Å². The Balaban J connectivity index is 1.68. The zero-order chi connectivity index (χ0) is 16.4. The molecule has 0 saturated heterocycles. The summed E-state index contributed by atoms with van der Waals surface area (Å²) in [6.07, 6.45) is 1.19. The minimum Gasteiger partial charge on any atom is -0.491 e. The Morgan fingerprint density at radius 3 is 2.70 bits per heavy atom. The molecule has 1 heterocycles. The average molecular weight is 310 g/mol. The number of aliphatic hydroxyl groups excluding tert-OH is 1. The molecule has 0 unspecified atom stereocenters. The van der Waals surface area contributed by atoms with Gasteiger partial charge in [0, 0.05) is 0 Å². The summed E-state index contributed by atoms with van der Waals surface area (Å²) < 4.78 is 7.65. The normalized spacial score (nSPS) is 12.5. The highest BCUT2D eigenvalue weighted by Crippen LogP contribution is 2.19.